The van der Waals surface area contributed by atoms with Crippen LogP contribution in [0, 0.1) is 12.7 Å². The van der Waals surface area contributed by atoms with Gasteiger partial charge in [0.1, 0.15) is 5.82 Å². The van der Waals surface area contributed by atoms with Crippen LogP contribution >= 0.6 is 27.5 Å². The van der Waals surface area contributed by atoms with Crippen LogP contribution in [0.2, 0.25) is 5.02 Å². The first-order valence-corrected chi connectivity index (χ1v) is 8.12. The Morgan fingerprint density at radius 3 is 2.76 bits per heavy atom. The average Bonchev–Trinajstić information content (AvgIpc) is 2.46. The standard InChI is InChI=1S/C17H18BrClFN/c1-3-21-16(14-10-13(18)8-7-11(14)2)9-12-5-4-6-15(19)17(12)20/h4-8,10,16,21H,3,9H2,1-2H3. The lowest BCUT2D eigenvalue weighted by Crippen LogP contribution is -2.24. The minimum Gasteiger partial charge on any atom is -0.310 e. The maximum Gasteiger partial charge on any atom is 0.145 e. The van der Waals surface area contributed by atoms with E-state index < -0.39 is 0 Å². The van der Waals surface area contributed by atoms with E-state index in [1.165, 1.54) is 11.1 Å². The Kier molecular flexibility index (Phi) is 5.80. The summed E-state index contributed by atoms with van der Waals surface area (Å²) < 4.78 is 15.2. The molecule has 0 amide bonds. The summed E-state index contributed by atoms with van der Waals surface area (Å²) in [5, 5.41) is 3.61. The summed E-state index contributed by atoms with van der Waals surface area (Å²) in [5.41, 5.74) is 2.99. The van der Waals surface area contributed by atoms with Crippen LogP contribution in [0.25, 0.3) is 0 Å². The third-order valence-corrected chi connectivity index (χ3v) is 4.31. The molecule has 0 radical (unpaired) electrons. The highest BCUT2D eigenvalue weighted by atomic mass is 79.9. The van der Waals surface area contributed by atoms with Gasteiger partial charge in [-0.3, -0.25) is 0 Å². The topological polar surface area (TPSA) is 12.0 Å². The summed E-state index contributed by atoms with van der Waals surface area (Å²) in [5.74, 6) is -0.324. The molecule has 2 aromatic carbocycles. The van der Waals surface area contributed by atoms with Crippen molar-refractivity contribution in [1.29, 1.82) is 0 Å². The molecule has 4 heteroatoms. The fourth-order valence-corrected chi connectivity index (χ4v) is 3.02. The molecule has 0 fully saturated rings. The third kappa shape index (κ3) is 4.06. The second kappa shape index (κ2) is 7.39. The van der Waals surface area contributed by atoms with Gasteiger partial charge in [0.25, 0.3) is 0 Å². The molecule has 0 heterocycles. The monoisotopic (exact) mass is 369 g/mol. The highest BCUT2D eigenvalue weighted by molar-refractivity contribution is 9.10. The van der Waals surface area contributed by atoms with E-state index in [9.17, 15) is 4.39 Å². The predicted molar refractivity (Wildman–Crippen MR) is 90.4 cm³/mol. The van der Waals surface area contributed by atoms with Crippen LogP contribution in [0.5, 0.6) is 0 Å². The highest BCUT2D eigenvalue weighted by Crippen LogP contribution is 2.27. The van der Waals surface area contributed by atoms with Gasteiger partial charge in [-0.15, -0.1) is 0 Å². The molecule has 1 N–H and O–H groups in total. The second-order valence-electron chi connectivity index (χ2n) is 5.03. The molecular formula is C17H18BrClFN. The minimum atomic E-state index is -0.324. The summed E-state index contributed by atoms with van der Waals surface area (Å²) in [6, 6.07) is 11.4. The molecule has 0 aliphatic heterocycles. The molecule has 0 saturated carbocycles. The lowest BCUT2D eigenvalue weighted by Gasteiger charge is -2.21. The molecule has 0 aliphatic rings. The van der Waals surface area contributed by atoms with E-state index in [0.717, 1.165) is 11.0 Å². The Morgan fingerprint density at radius 1 is 1.29 bits per heavy atom. The molecule has 0 spiro atoms. The normalized spacial score (nSPS) is 12.4. The van der Waals surface area contributed by atoms with E-state index in [-0.39, 0.29) is 16.9 Å². The molecule has 112 valence electrons. The highest BCUT2D eigenvalue weighted by Gasteiger charge is 2.17. The van der Waals surface area contributed by atoms with Crippen LogP contribution in [0.4, 0.5) is 4.39 Å². The van der Waals surface area contributed by atoms with Crippen molar-refractivity contribution in [2.45, 2.75) is 26.3 Å². The van der Waals surface area contributed by atoms with Crippen molar-refractivity contribution < 1.29 is 4.39 Å². The minimum absolute atomic E-state index is 0.0560. The van der Waals surface area contributed by atoms with Gasteiger partial charge in [0, 0.05) is 10.5 Å². The van der Waals surface area contributed by atoms with E-state index in [2.05, 4.69) is 47.2 Å². The Labute approximate surface area is 138 Å². The number of likely N-dealkylation sites (N-methyl/N-ethyl adjacent to an activating group) is 1. The molecular weight excluding hydrogens is 353 g/mol. The van der Waals surface area contributed by atoms with Crippen molar-refractivity contribution in [3.05, 3.63) is 68.4 Å². The number of nitrogens with one attached hydrogen (secondary N) is 1. The molecule has 1 nitrogen and oxygen atoms in total. The lowest BCUT2D eigenvalue weighted by atomic mass is 9.95. The van der Waals surface area contributed by atoms with Crippen LogP contribution in [0.1, 0.15) is 29.7 Å². The van der Waals surface area contributed by atoms with Gasteiger partial charge >= 0.3 is 0 Å². The van der Waals surface area contributed by atoms with E-state index in [1.807, 2.05) is 6.07 Å². The fourth-order valence-electron chi connectivity index (χ4n) is 2.45. The second-order valence-corrected chi connectivity index (χ2v) is 6.35. The molecule has 0 bridgehead atoms. The summed E-state index contributed by atoms with van der Waals surface area (Å²) in [4.78, 5) is 0. The Morgan fingerprint density at radius 2 is 2.05 bits per heavy atom. The lowest BCUT2D eigenvalue weighted by molar-refractivity contribution is 0.526. The van der Waals surface area contributed by atoms with Gasteiger partial charge in [-0.25, -0.2) is 4.39 Å². The zero-order valence-electron chi connectivity index (χ0n) is 12.1. The number of hydrogen-bond donors (Lipinski definition) is 1. The summed E-state index contributed by atoms with van der Waals surface area (Å²) in [7, 11) is 0. The zero-order chi connectivity index (χ0) is 15.4. The quantitative estimate of drug-likeness (QED) is 0.738. The molecule has 21 heavy (non-hydrogen) atoms. The van der Waals surface area contributed by atoms with Crippen molar-refractivity contribution in [3.63, 3.8) is 0 Å². The van der Waals surface area contributed by atoms with Gasteiger partial charge in [-0.05, 0) is 54.8 Å². The summed E-state index contributed by atoms with van der Waals surface area (Å²) in [6.45, 7) is 4.94. The van der Waals surface area contributed by atoms with Crippen molar-refractivity contribution in [3.8, 4) is 0 Å². The Bertz CT molecular complexity index is 630. The zero-order valence-corrected chi connectivity index (χ0v) is 14.4. The Balaban J connectivity index is 2.35. The number of rotatable bonds is 5. The maximum absolute atomic E-state index is 14.1. The van der Waals surface area contributed by atoms with Gasteiger partial charge in [0.05, 0.1) is 5.02 Å². The van der Waals surface area contributed by atoms with Gasteiger partial charge in [-0.1, -0.05) is 52.7 Å². The average molecular weight is 371 g/mol. The number of hydrogen-bond acceptors (Lipinski definition) is 1. The van der Waals surface area contributed by atoms with Crippen LogP contribution < -0.4 is 5.32 Å². The number of benzene rings is 2. The molecule has 1 atom stereocenters. The largest absolute Gasteiger partial charge is 0.310 e. The molecule has 0 saturated heterocycles. The first kappa shape index (κ1) is 16.5. The van der Waals surface area contributed by atoms with Crippen LogP contribution in [-0.2, 0) is 6.42 Å². The van der Waals surface area contributed by atoms with Crippen molar-refractivity contribution in [2.24, 2.45) is 0 Å². The number of halogens is 3. The van der Waals surface area contributed by atoms with Crippen molar-refractivity contribution >= 4 is 27.5 Å². The molecule has 2 aromatic rings. The molecule has 0 aliphatic carbocycles. The van der Waals surface area contributed by atoms with Crippen molar-refractivity contribution in [1.82, 2.24) is 5.32 Å². The van der Waals surface area contributed by atoms with E-state index in [4.69, 9.17) is 11.6 Å². The first-order valence-electron chi connectivity index (χ1n) is 6.95. The third-order valence-electron chi connectivity index (χ3n) is 3.52. The summed E-state index contributed by atoms with van der Waals surface area (Å²) in [6.07, 6.45) is 0.567. The van der Waals surface area contributed by atoms with Crippen molar-refractivity contribution in [2.75, 3.05) is 6.54 Å². The molecule has 2 rings (SSSR count). The Hall–Kier alpha value is -0.900. The van der Waals surface area contributed by atoms with E-state index >= 15 is 0 Å². The van der Waals surface area contributed by atoms with Crippen LogP contribution in [-0.4, -0.2) is 6.54 Å². The van der Waals surface area contributed by atoms with Gasteiger partial charge in [0.2, 0.25) is 0 Å². The van der Waals surface area contributed by atoms with Crippen LogP contribution in [0.15, 0.2) is 40.9 Å². The van der Waals surface area contributed by atoms with Gasteiger partial charge in [-0.2, -0.15) is 0 Å². The van der Waals surface area contributed by atoms with E-state index in [1.54, 1.807) is 18.2 Å². The van der Waals surface area contributed by atoms with Gasteiger partial charge < -0.3 is 5.32 Å². The predicted octanol–water partition coefficient (Wildman–Crippen LogP) is 5.44. The smallest absolute Gasteiger partial charge is 0.145 e. The molecule has 0 aromatic heterocycles. The maximum atomic E-state index is 14.1. The summed E-state index contributed by atoms with van der Waals surface area (Å²) >= 11 is 9.38. The van der Waals surface area contributed by atoms with E-state index in [0.29, 0.717) is 12.0 Å². The number of aryl methyl sites for hydroxylation is 1. The SMILES string of the molecule is CCNC(Cc1cccc(Cl)c1F)c1cc(Br)ccc1C. The van der Waals surface area contributed by atoms with Gasteiger partial charge in [0.15, 0.2) is 0 Å². The van der Waals surface area contributed by atoms with Crippen LogP contribution in [0.3, 0.4) is 0 Å². The first-order chi connectivity index (χ1) is 10.0. The molecule has 1 unspecified atom stereocenters. The fraction of sp³-hybridized carbons (Fsp3) is 0.294.